The highest BCUT2D eigenvalue weighted by Crippen LogP contribution is 2.51. The summed E-state index contributed by atoms with van der Waals surface area (Å²) >= 11 is 0. The summed E-state index contributed by atoms with van der Waals surface area (Å²) in [4.78, 5) is 3.75. The third kappa shape index (κ3) is 1.17. The predicted molar refractivity (Wildman–Crippen MR) is 43.7 cm³/mol. The Labute approximate surface area is 75.0 Å². The van der Waals surface area contributed by atoms with Crippen LogP contribution in [0.5, 0.6) is 0 Å². The van der Waals surface area contributed by atoms with E-state index in [0.29, 0.717) is 0 Å². The first-order valence-corrected chi connectivity index (χ1v) is 4.32. The van der Waals surface area contributed by atoms with Gasteiger partial charge in [-0.25, -0.2) is 13.8 Å². The number of aliphatic imine (C=N–C) groups is 1. The summed E-state index contributed by atoms with van der Waals surface area (Å²) in [6.45, 7) is 0.815. The standard InChI is InChI=1S/C8H12F2N2O/c1-7(5-2-3-5)8(9,10)4-13-6(11)12-7/h5H,2-4H2,1H3,(H2,11,12)/t7-/m1/s1. The molecule has 2 aliphatic rings. The molecule has 0 amide bonds. The molecule has 1 heterocycles. The molecule has 1 saturated carbocycles. The van der Waals surface area contributed by atoms with Gasteiger partial charge in [0.2, 0.25) is 0 Å². The van der Waals surface area contributed by atoms with Crippen LogP contribution in [0, 0.1) is 5.92 Å². The van der Waals surface area contributed by atoms with E-state index in [4.69, 9.17) is 5.73 Å². The Morgan fingerprint density at radius 2 is 2.15 bits per heavy atom. The Kier molecular flexibility index (Phi) is 1.56. The van der Waals surface area contributed by atoms with E-state index >= 15 is 0 Å². The van der Waals surface area contributed by atoms with Crippen LogP contribution in [0.3, 0.4) is 0 Å². The Morgan fingerprint density at radius 3 is 2.69 bits per heavy atom. The Morgan fingerprint density at radius 1 is 1.54 bits per heavy atom. The molecule has 74 valence electrons. The van der Waals surface area contributed by atoms with Crippen LogP contribution < -0.4 is 5.73 Å². The Balaban J connectivity index is 2.34. The van der Waals surface area contributed by atoms with Gasteiger partial charge in [0, 0.05) is 0 Å². The minimum Gasteiger partial charge on any atom is -0.459 e. The van der Waals surface area contributed by atoms with Gasteiger partial charge in [0.15, 0.2) is 6.61 Å². The van der Waals surface area contributed by atoms with Crippen LogP contribution in [-0.2, 0) is 4.74 Å². The number of alkyl halides is 2. The highest BCUT2D eigenvalue weighted by Gasteiger charge is 2.61. The van der Waals surface area contributed by atoms with E-state index < -0.39 is 18.1 Å². The summed E-state index contributed by atoms with van der Waals surface area (Å²) < 4.78 is 31.4. The molecule has 1 atom stereocenters. The number of amidine groups is 1. The third-order valence-corrected chi connectivity index (χ3v) is 2.86. The summed E-state index contributed by atoms with van der Waals surface area (Å²) in [6.07, 6.45) is 1.62. The minimum absolute atomic E-state index is 0.0371. The molecule has 0 unspecified atom stereocenters. The van der Waals surface area contributed by atoms with Crippen molar-refractivity contribution in [3.8, 4) is 0 Å². The smallest absolute Gasteiger partial charge is 0.306 e. The molecule has 1 aliphatic carbocycles. The number of nitrogens with zero attached hydrogens (tertiary/aromatic N) is 1. The van der Waals surface area contributed by atoms with Gasteiger partial charge < -0.3 is 10.5 Å². The fourth-order valence-corrected chi connectivity index (χ4v) is 1.69. The van der Waals surface area contributed by atoms with Crippen molar-refractivity contribution in [3.05, 3.63) is 0 Å². The zero-order chi connectivity index (χ0) is 9.69. The molecule has 13 heavy (non-hydrogen) atoms. The molecule has 2 rings (SSSR count). The Bertz CT molecular complexity index is 263. The van der Waals surface area contributed by atoms with E-state index in [-0.39, 0.29) is 11.9 Å². The van der Waals surface area contributed by atoms with Gasteiger partial charge in [-0.15, -0.1) is 0 Å². The molecular weight excluding hydrogens is 178 g/mol. The van der Waals surface area contributed by atoms with Crippen molar-refractivity contribution in [2.24, 2.45) is 16.6 Å². The predicted octanol–water partition coefficient (Wildman–Crippen LogP) is 1.14. The van der Waals surface area contributed by atoms with Gasteiger partial charge in [-0.2, -0.15) is 0 Å². The summed E-state index contributed by atoms with van der Waals surface area (Å²) in [5.74, 6) is -2.93. The quantitative estimate of drug-likeness (QED) is 0.673. The van der Waals surface area contributed by atoms with Crippen LogP contribution in [0.15, 0.2) is 4.99 Å². The first-order valence-electron chi connectivity index (χ1n) is 4.32. The lowest BCUT2D eigenvalue weighted by Gasteiger charge is -2.37. The minimum atomic E-state index is -2.89. The van der Waals surface area contributed by atoms with E-state index in [1.807, 2.05) is 0 Å². The molecule has 0 saturated heterocycles. The van der Waals surface area contributed by atoms with Gasteiger partial charge in [0.1, 0.15) is 5.54 Å². The summed E-state index contributed by atoms with van der Waals surface area (Å²) in [5.41, 5.74) is 3.95. The monoisotopic (exact) mass is 190 g/mol. The summed E-state index contributed by atoms with van der Waals surface area (Å²) in [7, 11) is 0. The lowest BCUT2D eigenvalue weighted by Crippen LogP contribution is -2.54. The third-order valence-electron chi connectivity index (χ3n) is 2.86. The normalized spacial score (nSPS) is 37.9. The van der Waals surface area contributed by atoms with Crippen molar-refractivity contribution in [1.82, 2.24) is 0 Å². The number of hydrogen-bond acceptors (Lipinski definition) is 3. The number of nitrogens with two attached hydrogens (primary N) is 1. The topological polar surface area (TPSA) is 47.6 Å². The fraction of sp³-hybridized carbons (Fsp3) is 0.875. The molecule has 3 nitrogen and oxygen atoms in total. The molecule has 2 N–H and O–H groups in total. The fourth-order valence-electron chi connectivity index (χ4n) is 1.69. The number of halogens is 2. The molecule has 1 aliphatic heterocycles. The van der Waals surface area contributed by atoms with E-state index in [1.165, 1.54) is 6.92 Å². The molecule has 0 spiro atoms. The summed E-state index contributed by atoms with van der Waals surface area (Å²) in [5, 5.41) is 0. The first-order chi connectivity index (χ1) is 5.96. The van der Waals surface area contributed by atoms with E-state index in [9.17, 15) is 8.78 Å². The van der Waals surface area contributed by atoms with Gasteiger partial charge >= 0.3 is 5.92 Å². The zero-order valence-electron chi connectivity index (χ0n) is 7.39. The maximum atomic E-state index is 13.4. The average molecular weight is 190 g/mol. The van der Waals surface area contributed by atoms with Crippen LogP contribution in [0.25, 0.3) is 0 Å². The second-order valence-electron chi connectivity index (χ2n) is 3.86. The van der Waals surface area contributed by atoms with E-state index in [2.05, 4.69) is 9.73 Å². The van der Waals surface area contributed by atoms with Crippen LogP contribution in [0.4, 0.5) is 8.78 Å². The second kappa shape index (κ2) is 2.33. The maximum absolute atomic E-state index is 13.4. The zero-order valence-corrected chi connectivity index (χ0v) is 7.39. The number of ether oxygens (including phenoxy) is 1. The SMILES string of the molecule is C[C@]1(C2CC2)N=C(N)OCC1(F)F. The van der Waals surface area contributed by atoms with Crippen molar-refractivity contribution < 1.29 is 13.5 Å². The molecule has 1 fully saturated rings. The molecule has 5 heteroatoms. The van der Waals surface area contributed by atoms with Gasteiger partial charge in [0.25, 0.3) is 6.02 Å². The average Bonchev–Trinajstić information content (AvgIpc) is 2.80. The second-order valence-corrected chi connectivity index (χ2v) is 3.86. The Hall–Kier alpha value is -0.870. The van der Waals surface area contributed by atoms with Crippen molar-refractivity contribution in [1.29, 1.82) is 0 Å². The molecule has 0 bridgehead atoms. The van der Waals surface area contributed by atoms with Gasteiger partial charge in [-0.05, 0) is 25.7 Å². The van der Waals surface area contributed by atoms with E-state index in [1.54, 1.807) is 0 Å². The molecule has 0 aromatic heterocycles. The number of rotatable bonds is 1. The number of hydrogen-bond donors (Lipinski definition) is 1. The van der Waals surface area contributed by atoms with Gasteiger partial charge in [0.05, 0.1) is 0 Å². The van der Waals surface area contributed by atoms with Crippen LogP contribution in [-0.4, -0.2) is 24.1 Å². The van der Waals surface area contributed by atoms with Gasteiger partial charge in [-0.1, -0.05) is 0 Å². The lowest BCUT2D eigenvalue weighted by molar-refractivity contribution is -0.120. The lowest BCUT2D eigenvalue weighted by atomic mass is 9.88. The van der Waals surface area contributed by atoms with Crippen molar-refractivity contribution in [2.45, 2.75) is 31.2 Å². The van der Waals surface area contributed by atoms with Crippen molar-refractivity contribution in [3.63, 3.8) is 0 Å². The van der Waals surface area contributed by atoms with Crippen molar-refractivity contribution >= 4 is 6.02 Å². The molecule has 0 aromatic rings. The largest absolute Gasteiger partial charge is 0.459 e. The molecule has 0 aromatic carbocycles. The molecule has 0 radical (unpaired) electrons. The highest BCUT2D eigenvalue weighted by molar-refractivity contribution is 5.73. The maximum Gasteiger partial charge on any atom is 0.306 e. The first kappa shape index (κ1) is 8.72. The molecular formula is C8H12F2N2O. The van der Waals surface area contributed by atoms with Gasteiger partial charge in [-0.3, -0.25) is 0 Å². The van der Waals surface area contributed by atoms with E-state index in [0.717, 1.165) is 12.8 Å². The van der Waals surface area contributed by atoms with Crippen LogP contribution >= 0.6 is 0 Å². The van der Waals surface area contributed by atoms with Crippen LogP contribution in [0.1, 0.15) is 19.8 Å². The van der Waals surface area contributed by atoms with Crippen LogP contribution in [0.2, 0.25) is 0 Å². The summed E-state index contributed by atoms with van der Waals surface area (Å²) in [6, 6.07) is -0.111. The highest BCUT2D eigenvalue weighted by atomic mass is 19.3. The van der Waals surface area contributed by atoms with Crippen molar-refractivity contribution in [2.75, 3.05) is 6.61 Å².